The van der Waals surface area contributed by atoms with E-state index in [9.17, 15) is 4.79 Å². The Balaban J connectivity index is 2.11. The van der Waals surface area contributed by atoms with E-state index in [4.69, 9.17) is 11.5 Å². The minimum Gasteiger partial charge on any atom is -0.399 e. The molecule has 2 aromatic carbocycles. The monoisotopic (exact) mass is 226 g/mol. The number of ketones is 1. The zero-order chi connectivity index (χ0) is 12.3. The van der Waals surface area contributed by atoms with E-state index in [1.165, 1.54) is 0 Å². The van der Waals surface area contributed by atoms with Gasteiger partial charge in [-0.3, -0.25) is 4.79 Å². The molecule has 2 rings (SSSR count). The minimum absolute atomic E-state index is 0.0785. The summed E-state index contributed by atoms with van der Waals surface area (Å²) < 4.78 is 0. The lowest BCUT2D eigenvalue weighted by Gasteiger charge is -2.02. The van der Waals surface area contributed by atoms with E-state index in [1.807, 2.05) is 12.1 Å². The lowest BCUT2D eigenvalue weighted by Crippen LogP contribution is -2.03. The number of hydrogen-bond acceptors (Lipinski definition) is 3. The topological polar surface area (TPSA) is 69.1 Å². The summed E-state index contributed by atoms with van der Waals surface area (Å²) in [6.45, 7) is 0. The Bertz CT molecular complexity index is 515. The molecule has 17 heavy (non-hydrogen) atoms. The van der Waals surface area contributed by atoms with Crippen LogP contribution in [-0.4, -0.2) is 5.78 Å². The number of hydrogen-bond donors (Lipinski definition) is 2. The predicted molar refractivity (Wildman–Crippen MR) is 69.7 cm³/mol. The van der Waals surface area contributed by atoms with E-state index < -0.39 is 0 Å². The molecule has 0 saturated carbocycles. The Morgan fingerprint density at radius 1 is 0.824 bits per heavy atom. The maximum Gasteiger partial charge on any atom is 0.167 e. The molecule has 0 bridgehead atoms. The molecule has 0 atom stereocenters. The summed E-state index contributed by atoms with van der Waals surface area (Å²) in [5, 5.41) is 0. The van der Waals surface area contributed by atoms with Crippen molar-refractivity contribution in [3.63, 3.8) is 0 Å². The highest BCUT2D eigenvalue weighted by Crippen LogP contribution is 2.11. The van der Waals surface area contributed by atoms with Crippen molar-refractivity contribution in [2.45, 2.75) is 6.42 Å². The van der Waals surface area contributed by atoms with Crippen LogP contribution in [0.4, 0.5) is 11.4 Å². The van der Waals surface area contributed by atoms with Crippen molar-refractivity contribution in [3.8, 4) is 0 Å². The van der Waals surface area contributed by atoms with E-state index in [0.717, 1.165) is 5.56 Å². The molecule has 0 amide bonds. The van der Waals surface area contributed by atoms with Crippen LogP contribution >= 0.6 is 0 Å². The van der Waals surface area contributed by atoms with Crippen molar-refractivity contribution in [2.75, 3.05) is 11.5 Å². The van der Waals surface area contributed by atoms with Gasteiger partial charge in [0.15, 0.2) is 5.78 Å². The fraction of sp³-hybridized carbons (Fsp3) is 0.0714. The molecule has 0 aliphatic heterocycles. The third kappa shape index (κ3) is 2.84. The van der Waals surface area contributed by atoms with Crippen molar-refractivity contribution >= 4 is 17.2 Å². The van der Waals surface area contributed by atoms with Crippen LogP contribution in [0.2, 0.25) is 0 Å². The third-order valence-electron chi connectivity index (χ3n) is 2.58. The molecular weight excluding hydrogens is 212 g/mol. The maximum atomic E-state index is 11.9. The largest absolute Gasteiger partial charge is 0.399 e. The molecular formula is C14H14N2O. The first-order chi connectivity index (χ1) is 8.15. The van der Waals surface area contributed by atoms with E-state index in [-0.39, 0.29) is 5.78 Å². The summed E-state index contributed by atoms with van der Waals surface area (Å²) in [5.74, 6) is 0.0785. The second-order valence-electron chi connectivity index (χ2n) is 3.96. The summed E-state index contributed by atoms with van der Waals surface area (Å²) in [7, 11) is 0. The van der Waals surface area contributed by atoms with Crippen molar-refractivity contribution in [1.29, 1.82) is 0 Å². The number of nitrogens with two attached hydrogens (primary N) is 2. The molecule has 86 valence electrons. The minimum atomic E-state index is 0.0785. The highest BCUT2D eigenvalue weighted by molar-refractivity contribution is 5.97. The van der Waals surface area contributed by atoms with Gasteiger partial charge in [0.1, 0.15) is 0 Å². The number of carbonyl (C=O) groups excluding carboxylic acids is 1. The van der Waals surface area contributed by atoms with Gasteiger partial charge >= 0.3 is 0 Å². The average Bonchev–Trinajstić information content (AvgIpc) is 2.33. The fourth-order valence-electron chi connectivity index (χ4n) is 1.59. The van der Waals surface area contributed by atoms with E-state index in [1.54, 1.807) is 36.4 Å². The Kier molecular flexibility index (Phi) is 3.10. The molecule has 0 saturated heterocycles. The zero-order valence-corrected chi connectivity index (χ0v) is 9.39. The van der Waals surface area contributed by atoms with Crippen LogP contribution in [0.15, 0.2) is 48.5 Å². The summed E-state index contributed by atoms with van der Waals surface area (Å²) in [6.07, 6.45) is 0.379. The molecule has 3 heteroatoms. The van der Waals surface area contributed by atoms with Crippen LogP contribution in [0.25, 0.3) is 0 Å². The molecule has 0 radical (unpaired) electrons. The van der Waals surface area contributed by atoms with Crippen LogP contribution in [0.1, 0.15) is 15.9 Å². The van der Waals surface area contributed by atoms with Crippen LogP contribution in [-0.2, 0) is 6.42 Å². The highest BCUT2D eigenvalue weighted by atomic mass is 16.1. The van der Waals surface area contributed by atoms with E-state index >= 15 is 0 Å². The summed E-state index contributed by atoms with van der Waals surface area (Å²) in [4.78, 5) is 11.9. The standard InChI is InChI=1S/C14H14N2O/c15-12-5-1-10(2-6-12)9-14(17)11-3-7-13(16)8-4-11/h1-8H,9,15-16H2. The summed E-state index contributed by atoms with van der Waals surface area (Å²) in [5.41, 5.74) is 14.2. The van der Waals surface area contributed by atoms with E-state index in [0.29, 0.717) is 23.4 Å². The third-order valence-corrected chi connectivity index (χ3v) is 2.58. The Morgan fingerprint density at radius 2 is 1.29 bits per heavy atom. The van der Waals surface area contributed by atoms with Gasteiger partial charge in [0, 0.05) is 23.4 Å². The zero-order valence-electron chi connectivity index (χ0n) is 9.39. The average molecular weight is 226 g/mol. The summed E-state index contributed by atoms with van der Waals surface area (Å²) in [6, 6.07) is 14.3. The van der Waals surface area contributed by atoms with Gasteiger partial charge in [-0.15, -0.1) is 0 Å². The first-order valence-corrected chi connectivity index (χ1v) is 5.38. The maximum absolute atomic E-state index is 11.9. The quantitative estimate of drug-likeness (QED) is 0.623. The molecule has 2 aromatic rings. The SMILES string of the molecule is Nc1ccc(CC(=O)c2ccc(N)cc2)cc1. The molecule has 0 fully saturated rings. The Labute approximate surface area is 100 Å². The lowest BCUT2D eigenvalue weighted by molar-refractivity contribution is 0.0993. The summed E-state index contributed by atoms with van der Waals surface area (Å²) >= 11 is 0. The van der Waals surface area contributed by atoms with Gasteiger partial charge in [0.2, 0.25) is 0 Å². The Hall–Kier alpha value is -2.29. The van der Waals surface area contributed by atoms with Gasteiger partial charge in [0.05, 0.1) is 0 Å². The van der Waals surface area contributed by atoms with Crippen molar-refractivity contribution < 1.29 is 4.79 Å². The number of nitrogen functional groups attached to an aromatic ring is 2. The predicted octanol–water partition coefficient (Wildman–Crippen LogP) is 2.28. The van der Waals surface area contributed by atoms with Crippen LogP contribution < -0.4 is 11.5 Å². The number of carbonyl (C=O) groups is 1. The van der Waals surface area contributed by atoms with Gasteiger partial charge in [-0.2, -0.15) is 0 Å². The first-order valence-electron chi connectivity index (χ1n) is 5.38. The number of Topliss-reactive ketones (excluding diaryl/α,β-unsaturated/α-hetero) is 1. The smallest absolute Gasteiger partial charge is 0.167 e. The molecule has 0 heterocycles. The highest BCUT2D eigenvalue weighted by Gasteiger charge is 2.06. The number of anilines is 2. The molecule has 4 N–H and O–H groups in total. The number of benzene rings is 2. The molecule has 0 aliphatic carbocycles. The van der Waals surface area contributed by atoms with E-state index in [2.05, 4.69) is 0 Å². The molecule has 0 unspecified atom stereocenters. The second kappa shape index (κ2) is 4.70. The Morgan fingerprint density at radius 3 is 1.82 bits per heavy atom. The van der Waals surface area contributed by atoms with Gasteiger partial charge in [-0.1, -0.05) is 12.1 Å². The van der Waals surface area contributed by atoms with Gasteiger partial charge in [0.25, 0.3) is 0 Å². The van der Waals surface area contributed by atoms with Crippen LogP contribution in [0, 0.1) is 0 Å². The molecule has 0 aliphatic rings. The molecule has 0 spiro atoms. The van der Waals surface area contributed by atoms with Gasteiger partial charge in [-0.25, -0.2) is 0 Å². The van der Waals surface area contributed by atoms with Crippen molar-refractivity contribution in [1.82, 2.24) is 0 Å². The number of rotatable bonds is 3. The second-order valence-corrected chi connectivity index (χ2v) is 3.96. The van der Waals surface area contributed by atoms with Crippen molar-refractivity contribution in [3.05, 3.63) is 59.7 Å². The molecule has 3 nitrogen and oxygen atoms in total. The normalized spacial score (nSPS) is 10.1. The van der Waals surface area contributed by atoms with Crippen LogP contribution in [0.3, 0.4) is 0 Å². The van der Waals surface area contributed by atoms with Gasteiger partial charge in [-0.05, 0) is 42.0 Å². The molecule has 0 aromatic heterocycles. The van der Waals surface area contributed by atoms with Crippen molar-refractivity contribution in [2.24, 2.45) is 0 Å². The lowest BCUT2D eigenvalue weighted by atomic mass is 10.0. The fourth-order valence-corrected chi connectivity index (χ4v) is 1.59. The van der Waals surface area contributed by atoms with Gasteiger partial charge < -0.3 is 11.5 Å². The first kappa shape index (κ1) is 11.2. The van der Waals surface area contributed by atoms with Crippen LogP contribution in [0.5, 0.6) is 0 Å².